The molecule has 2 aromatic rings. The lowest BCUT2D eigenvalue weighted by atomic mass is 10.1. The van der Waals surface area contributed by atoms with Gasteiger partial charge in [-0.1, -0.05) is 29.8 Å². The van der Waals surface area contributed by atoms with E-state index in [0.717, 1.165) is 23.2 Å². The lowest BCUT2D eigenvalue weighted by Gasteiger charge is -2.14. The van der Waals surface area contributed by atoms with E-state index in [0.29, 0.717) is 34.7 Å². The van der Waals surface area contributed by atoms with Gasteiger partial charge in [0, 0.05) is 29.9 Å². The minimum Gasteiger partial charge on any atom is -0.496 e. The predicted molar refractivity (Wildman–Crippen MR) is 129 cm³/mol. The molecule has 0 aliphatic carbocycles. The van der Waals surface area contributed by atoms with Crippen LogP contribution in [0.25, 0.3) is 0 Å². The third-order valence-corrected chi connectivity index (χ3v) is 5.59. The molecule has 0 aromatic heterocycles. The maximum atomic E-state index is 11.7. The molecule has 160 valence electrons. The molecule has 0 aliphatic heterocycles. The number of aliphatic imine (C=N–C) groups is 1. The molecule has 0 radical (unpaired) electrons. The average Bonchev–Trinajstić information content (AvgIpc) is 2.63. The third-order valence-electron chi connectivity index (χ3n) is 4.10. The summed E-state index contributed by atoms with van der Waals surface area (Å²) in [5, 5.41) is 7.09. The minimum absolute atomic E-state index is 0. The van der Waals surface area contributed by atoms with Crippen molar-refractivity contribution in [1.82, 2.24) is 10.6 Å². The number of guanidine groups is 1. The van der Waals surface area contributed by atoms with Crippen molar-refractivity contribution >= 4 is 51.4 Å². The largest absolute Gasteiger partial charge is 0.496 e. The molecule has 0 unspecified atom stereocenters. The summed E-state index contributed by atoms with van der Waals surface area (Å²) in [4.78, 5) is 4.93. The zero-order valence-corrected chi connectivity index (χ0v) is 20.9. The number of sulfone groups is 1. The van der Waals surface area contributed by atoms with Crippen molar-refractivity contribution < 1.29 is 13.2 Å². The molecule has 0 saturated heterocycles. The SMILES string of the molecule is CCNC(=NCc1ccc(S(C)(=O)=O)c(C)c1)NCc1ccc(Cl)cc1OC.I. The lowest BCUT2D eigenvalue weighted by Crippen LogP contribution is -2.36. The van der Waals surface area contributed by atoms with Crippen LogP contribution in [0, 0.1) is 6.92 Å². The van der Waals surface area contributed by atoms with Crippen molar-refractivity contribution in [2.45, 2.75) is 31.8 Å². The maximum Gasteiger partial charge on any atom is 0.191 e. The Balaban J connectivity index is 0.00000420. The molecule has 0 amide bonds. The van der Waals surface area contributed by atoms with Crippen LogP contribution in [0.3, 0.4) is 0 Å². The van der Waals surface area contributed by atoms with E-state index in [9.17, 15) is 8.42 Å². The normalized spacial score (nSPS) is 11.6. The smallest absolute Gasteiger partial charge is 0.191 e. The second kappa shape index (κ2) is 11.6. The second-order valence-electron chi connectivity index (χ2n) is 6.38. The quantitative estimate of drug-likeness (QED) is 0.310. The van der Waals surface area contributed by atoms with Crippen LogP contribution < -0.4 is 15.4 Å². The van der Waals surface area contributed by atoms with Gasteiger partial charge in [-0.05, 0) is 43.2 Å². The van der Waals surface area contributed by atoms with Gasteiger partial charge in [0.05, 0.1) is 18.6 Å². The fourth-order valence-electron chi connectivity index (χ4n) is 2.78. The van der Waals surface area contributed by atoms with E-state index in [1.54, 1.807) is 32.2 Å². The van der Waals surface area contributed by atoms with Crippen molar-refractivity contribution in [3.8, 4) is 5.75 Å². The third kappa shape index (κ3) is 7.67. The summed E-state index contributed by atoms with van der Waals surface area (Å²) in [5.41, 5.74) is 2.62. The number of benzene rings is 2. The van der Waals surface area contributed by atoms with Crippen LogP contribution in [-0.2, 0) is 22.9 Å². The van der Waals surface area contributed by atoms with E-state index < -0.39 is 9.84 Å². The zero-order valence-electron chi connectivity index (χ0n) is 17.0. The first-order valence-corrected chi connectivity index (χ1v) is 11.2. The Morgan fingerprint density at radius 1 is 1.17 bits per heavy atom. The molecule has 2 rings (SSSR count). The van der Waals surface area contributed by atoms with Crippen LogP contribution in [0.1, 0.15) is 23.6 Å². The summed E-state index contributed by atoms with van der Waals surface area (Å²) in [6.45, 7) is 5.46. The van der Waals surface area contributed by atoms with Crippen molar-refractivity contribution in [3.05, 3.63) is 58.1 Å². The number of hydrogen-bond donors (Lipinski definition) is 2. The number of ether oxygens (including phenoxy) is 1. The number of methoxy groups -OCH3 is 1. The molecular weight excluding hydrogens is 525 g/mol. The lowest BCUT2D eigenvalue weighted by molar-refractivity contribution is 0.409. The molecule has 0 saturated carbocycles. The number of rotatable bonds is 7. The highest BCUT2D eigenvalue weighted by atomic mass is 127. The van der Waals surface area contributed by atoms with Gasteiger partial charge in [-0.15, -0.1) is 24.0 Å². The summed E-state index contributed by atoms with van der Waals surface area (Å²) >= 11 is 6.00. The van der Waals surface area contributed by atoms with E-state index >= 15 is 0 Å². The summed E-state index contributed by atoms with van der Waals surface area (Å²) < 4.78 is 28.9. The standard InChI is InChI=1S/C20H26ClN3O3S.HI/c1-5-22-20(24-13-16-7-8-17(21)11-18(16)27-3)23-12-15-6-9-19(14(2)10-15)28(4,25)26;/h6-11H,5,12-13H2,1-4H3,(H2,22,23,24);1H. The Morgan fingerprint density at radius 2 is 1.90 bits per heavy atom. The fourth-order valence-corrected chi connectivity index (χ4v) is 3.90. The van der Waals surface area contributed by atoms with E-state index in [-0.39, 0.29) is 24.0 Å². The van der Waals surface area contributed by atoms with Gasteiger partial charge >= 0.3 is 0 Å². The van der Waals surface area contributed by atoms with E-state index in [1.165, 1.54) is 6.26 Å². The van der Waals surface area contributed by atoms with Gasteiger partial charge in [-0.2, -0.15) is 0 Å². The van der Waals surface area contributed by atoms with Gasteiger partial charge in [0.2, 0.25) is 0 Å². The highest BCUT2D eigenvalue weighted by molar-refractivity contribution is 14.0. The van der Waals surface area contributed by atoms with Crippen LogP contribution in [-0.4, -0.2) is 34.3 Å². The Hall–Kier alpha value is -1.52. The molecule has 0 bridgehead atoms. The van der Waals surface area contributed by atoms with Gasteiger partial charge < -0.3 is 15.4 Å². The maximum absolute atomic E-state index is 11.7. The fraction of sp³-hybridized carbons (Fsp3) is 0.350. The number of nitrogens with one attached hydrogen (secondary N) is 2. The van der Waals surface area contributed by atoms with E-state index in [4.69, 9.17) is 16.3 Å². The first-order chi connectivity index (χ1) is 13.2. The first kappa shape index (κ1) is 25.5. The monoisotopic (exact) mass is 551 g/mol. The van der Waals surface area contributed by atoms with Crippen LogP contribution >= 0.6 is 35.6 Å². The summed E-state index contributed by atoms with van der Waals surface area (Å²) in [6.07, 6.45) is 1.21. The minimum atomic E-state index is -3.22. The van der Waals surface area contributed by atoms with E-state index in [1.807, 2.05) is 25.1 Å². The zero-order chi connectivity index (χ0) is 20.7. The molecule has 0 fully saturated rings. The molecule has 2 aromatic carbocycles. The van der Waals surface area contributed by atoms with E-state index in [2.05, 4.69) is 15.6 Å². The number of aryl methyl sites for hydroxylation is 1. The van der Waals surface area contributed by atoms with Gasteiger partial charge in [0.25, 0.3) is 0 Å². The Kier molecular flexibility index (Phi) is 10.2. The second-order valence-corrected chi connectivity index (χ2v) is 8.80. The molecule has 2 N–H and O–H groups in total. The number of nitrogens with zero attached hydrogens (tertiary/aromatic N) is 1. The Labute approximate surface area is 195 Å². The molecule has 0 aliphatic rings. The Morgan fingerprint density at radius 3 is 2.48 bits per heavy atom. The summed E-state index contributed by atoms with van der Waals surface area (Å²) in [5.74, 6) is 1.37. The van der Waals surface area contributed by atoms with Gasteiger partial charge in [-0.25, -0.2) is 13.4 Å². The number of hydrogen-bond acceptors (Lipinski definition) is 4. The topological polar surface area (TPSA) is 79.8 Å². The van der Waals surface area contributed by atoms with Crippen molar-refractivity contribution in [1.29, 1.82) is 0 Å². The predicted octanol–water partition coefficient (Wildman–Crippen LogP) is 3.93. The Bertz CT molecular complexity index is 965. The van der Waals surface area contributed by atoms with Crippen molar-refractivity contribution in [3.63, 3.8) is 0 Å². The van der Waals surface area contributed by atoms with Crippen LogP contribution in [0.15, 0.2) is 46.3 Å². The molecule has 29 heavy (non-hydrogen) atoms. The molecule has 9 heteroatoms. The number of halogens is 2. The average molecular weight is 552 g/mol. The molecule has 6 nitrogen and oxygen atoms in total. The summed E-state index contributed by atoms with van der Waals surface area (Å²) in [7, 11) is -1.61. The van der Waals surface area contributed by atoms with Gasteiger partial charge in [-0.3, -0.25) is 0 Å². The van der Waals surface area contributed by atoms with Gasteiger partial charge in [0.15, 0.2) is 15.8 Å². The molecule has 0 spiro atoms. The molecule has 0 heterocycles. The highest BCUT2D eigenvalue weighted by Crippen LogP contribution is 2.23. The van der Waals surface area contributed by atoms with Crippen LogP contribution in [0.4, 0.5) is 0 Å². The summed E-state index contributed by atoms with van der Waals surface area (Å²) in [6, 6.07) is 10.8. The van der Waals surface area contributed by atoms with Crippen LogP contribution in [0.2, 0.25) is 5.02 Å². The van der Waals surface area contributed by atoms with Crippen molar-refractivity contribution in [2.75, 3.05) is 19.9 Å². The molecule has 0 atom stereocenters. The first-order valence-electron chi connectivity index (χ1n) is 8.88. The molecular formula is C20H27ClIN3O3S. The van der Waals surface area contributed by atoms with Gasteiger partial charge in [0.1, 0.15) is 5.75 Å². The van der Waals surface area contributed by atoms with Crippen LogP contribution in [0.5, 0.6) is 5.75 Å². The van der Waals surface area contributed by atoms with Crippen molar-refractivity contribution in [2.24, 2.45) is 4.99 Å². The highest BCUT2D eigenvalue weighted by Gasteiger charge is 2.11.